The molecule has 0 amide bonds. The van der Waals surface area contributed by atoms with Crippen LogP contribution in [0.4, 0.5) is 0 Å². The summed E-state index contributed by atoms with van der Waals surface area (Å²) >= 11 is 0. The minimum Gasteiger partial charge on any atom is -0.480 e. The molecule has 1 rings (SSSR count). The van der Waals surface area contributed by atoms with E-state index in [1.807, 2.05) is 37.9 Å². The van der Waals surface area contributed by atoms with Crippen LogP contribution in [0.1, 0.15) is 25.8 Å². The van der Waals surface area contributed by atoms with Crippen LogP contribution in [-0.4, -0.2) is 34.0 Å². The topological polar surface area (TPSA) is 53.4 Å². The largest absolute Gasteiger partial charge is 0.480 e. The lowest BCUT2D eigenvalue weighted by Crippen LogP contribution is -2.39. The Balaban J connectivity index is 2.65. The molecule has 0 aliphatic carbocycles. The van der Waals surface area contributed by atoms with Gasteiger partial charge in [0.05, 0.1) is 0 Å². The third kappa shape index (κ3) is 4.53. The first-order chi connectivity index (χ1) is 8.00. The molecule has 0 bridgehead atoms. The SMILES string of the molecule is CC(C)CC(C(=O)O)N(C)Cc1ccncc1. The summed E-state index contributed by atoms with van der Waals surface area (Å²) in [7, 11) is 1.85. The minimum atomic E-state index is -0.754. The molecular formula is C13H20N2O2. The highest BCUT2D eigenvalue weighted by atomic mass is 16.4. The van der Waals surface area contributed by atoms with Crippen molar-refractivity contribution in [2.24, 2.45) is 5.92 Å². The quantitative estimate of drug-likeness (QED) is 0.821. The van der Waals surface area contributed by atoms with Crippen molar-refractivity contribution in [2.75, 3.05) is 7.05 Å². The summed E-state index contributed by atoms with van der Waals surface area (Å²) in [5.41, 5.74) is 1.08. The van der Waals surface area contributed by atoms with E-state index in [1.54, 1.807) is 12.4 Å². The summed E-state index contributed by atoms with van der Waals surface area (Å²) in [5.74, 6) is -0.383. The van der Waals surface area contributed by atoms with Gasteiger partial charge in [-0.15, -0.1) is 0 Å². The molecule has 1 atom stereocenters. The van der Waals surface area contributed by atoms with Gasteiger partial charge in [-0.3, -0.25) is 14.7 Å². The molecule has 4 heteroatoms. The maximum absolute atomic E-state index is 11.2. The Morgan fingerprint density at radius 2 is 2.00 bits per heavy atom. The van der Waals surface area contributed by atoms with Crippen molar-refractivity contribution in [1.29, 1.82) is 0 Å². The van der Waals surface area contributed by atoms with Crippen LogP contribution in [-0.2, 0) is 11.3 Å². The zero-order valence-corrected chi connectivity index (χ0v) is 10.6. The highest BCUT2D eigenvalue weighted by molar-refractivity contribution is 5.73. The lowest BCUT2D eigenvalue weighted by Gasteiger charge is -2.25. The van der Waals surface area contributed by atoms with Crippen LogP contribution in [0, 0.1) is 5.92 Å². The molecule has 17 heavy (non-hydrogen) atoms. The number of rotatable bonds is 6. The normalized spacial score (nSPS) is 13.0. The molecule has 0 fully saturated rings. The molecular weight excluding hydrogens is 216 g/mol. The summed E-state index contributed by atoms with van der Waals surface area (Å²) in [6.07, 6.45) is 4.11. The van der Waals surface area contributed by atoms with Gasteiger partial charge in [-0.2, -0.15) is 0 Å². The second kappa shape index (κ2) is 6.35. The van der Waals surface area contributed by atoms with Gasteiger partial charge in [0.15, 0.2) is 0 Å². The number of pyridine rings is 1. The van der Waals surface area contributed by atoms with Gasteiger partial charge in [0.25, 0.3) is 0 Å². The molecule has 1 unspecified atom stereocenters. The summed E-state index contributed by atoms with van der Waals surface area (Å²) in [4.78, 5) is 17.0. The summed E-state index contributed by atoms with van der Waals surface area (Å²) in [5, 5.41) is 9.22. The van der Waals surface area contributed by atoms with Gasteiger partial charge in [-0.1, -0.05) is 13.8 Å². The zero-order valence-electron chi connectivity index (χ0n) is 10.6. The highest BCUT2D eigenvalue weighted by Gasteiger charge is 2.23. The standard InChI is InChI=1S/C13H20N2O2/c1-10(2)8-12(13(16)17)15(3)9-11-4-6-14-7-5-11/h4-7,10,12H,8-9H2,1-3H3,(H,16,17). The van der Waals surface area contributed by atoms with E-state index in [-0.39, 0.29) is 0 Å². The van der Waals surface area contributed by atoms with Crippen molar-refractivity contribution < 1.29 is 9.90 Å². The first-order valence-electron chi connectivity index (χ1n) is 5.82. The van der Waals surface area contributed by atoms with Gasteiger partial charge in [-0.25, -0.2) is 0 Å². The predicted octanol–water partition coefficient (Wildman–Crippen LogP) is 2.01. The van der Waals surface area contributed by atoms with Crippen LogP contribution in [0.5, 0.6) is 0 Å². The maximum atomic E-state index is 11.2. The third-order valence-corrected chi connectivity index (χ3v) is 2.69. The molecule has 0 radical (unpaired) electrons. The zero-order chi connectivity index (χ0) is 12.8. The monoisotopic (exact) mass is 236 g/mol. The molecule has 1 aromatic heterocycles. The summed E-state index contributed by atoms with van der Waals surface area (Å²) in [6.45, 7) is 4.71. The number of aliphatic carboxylic acids is 1. The maximum Gasteiger partial charge on any atom is 0.320 e. The molecule has 0 spiro atoms. The van der Waals surface area contributed by atoms with Crippen LogP contribution in [0.2, 0.25) is 0 Å². The number of hydrogen-bond acceptors (Lipinski definition) is 3. The summed E-state index contributed by atoms with van der Waals surface area (Å²) < 4.78 is 0. The molecule has 1 heterocycles. The second-order valence-electron chi connectivity index (χ2n) is 4.75. The van der Waals surface area contributed by atoms with Crippen molar-refractivity contribution in [3.8, 4) is 0 Å². The summed E-state index contributed by atoms with van der Waals surface area (Å²) in [6, 6.07) is 3.39. The lowest BCUT2D eigenvalue weighted by molar-refractivity contribution is -0.143. The molecule has 0 saturated carbocycles. The molecule has 94 valence electrons. The number of likely N-dealkylation sites (N-methyl/N-ethyl adjacent to an activating group) is 1. The van der Waals surface area contributed by atoms with Gasteiger partial charge >= 0.3 is 5.97 Å². The average molecular weight is 236 g/mol. The minimum absolute atomic E-state index is 0.371. The Bertz CT molecular complexity index is 352. The second-order valence-corrected chi connectivity index (χ2v) is 4.75. The van der Waals surface area contributed by atoms with Crippen LogP contribution >= 0.6 is 0 Å². The van der Waals surface area contributed by atoms with Crippen molar-refractivity contribution in [3.63, 3.8) is 0 Å². The van der Waals surface area contributed by atoms with E-state index in [4.69, 9.17) is 0 Å². The molecule has 0 saturated heterocycles. The van der Waals surface area contributed by atoms with Crippen LogP contribution in [0.25, 0.3) is 0 Å². The Morgan fingerprint density at radius 3 is 2.47 bits per heavy atom. The average Bonchev–Trinajstić information content (AvgIpc) is 2.26. The number of carboxylic acid groups (broad SMARTS) is 1. The molecule has 0 aliphatic heterocycles. The number of nitrogens with zero attached hydrogens (tertiary/aromatic N) is 2. The van der Waals surface area contributed by atoms with Crippen LogP contribution in [0.3, 0.4) is 0 Å². The van der Waals surface area contributed by atoms with Gasteiger partial charge in [-0.05, 0) is 37.1 Å². The van der Waals surface area contributed by atoms with Crippen molar-refractivity contribution in [3.05, 3.63) is 30.1 Å². The van der Waals surface area contributed by atoms with E-state index < -0.39 is 12.0 Å². The Hall–Kier alpha value is -1.42. The first kappa shape index (κ1) is 13.6. The van der Waals surface area contributed by atoms with Crippen LogP contribution in [0.15, 0.2) is 24.5 Å². The van der Waals surface area contributed by atoms with Gasteiger partial charge in [0.2, 0.25) is 0 Å². The first-order valence-corrected chi connectivity index (χ1v) is 5.82. The Labute approximate surface area is 102 Å². The highest BCUT2D eigenvalue weighted by Crippen LogP contribution is 2.13. The number of carboxylic acids is 1. The van der Waals surface area contributed by atoms with E-state index in [0.29, 0.717) is 18.9 Å². The van der Waals surface area contributed by atoms with E-state index >= 15 is 0 Å². The lowest BCUT2D eigenvalue weighted by atomic mass is 10.0. The fraction of sp³-hybridized carbons (Fsp3) is 0.538. The molecule has 4 nitrogen and oxygen atoms in total. The van der Waals surface area contributed by atoms with Gasteiger partial charge < -0.3 is 5.11 Å². The molecule has 0 aliphatic rings. The van der Waals surface area contributed by atoms with E-state index in [9.17, 15) is 9.90 Å². The van der Waals surface area contributed by atoms with E-state index in [2.05, 4.69) is 4.98 Å². The van der Waals surface area contributed by atoms with Crippen molar-refractivity contribution in [1.82, 2.24) is 9.88 Å². The van der Waals surface area contributed by atoms with E-state index in [0.717, 1.165) is 5.56 Å². The fourth-order valence-corrected chi connectivity index (χ4v) is 1.80. The Kier molecular flexibility index (Phi) is 5.10. The Morgan fingerprint density at radius 1 is 1.41 bits per heavy atom. The van der Waals surface area contributed by atoms with Gasteiger partial charge in [0.1, 0.15) is 6.04 Å². The third-order valence-electron chi connectivity index (χ3n) is 2.69. The van der Waals surface area contributed by atoms with Crippen molar-refractivity contribution >= 4 is 5.97 Å². The number of carbonyl (C=O) groups is 1. The van der Waals surface area contributed by atoms with Crippen molar-refractivity contribution in [2.45, 2.75) is 32.9 Å². The smallest absolute Gasteiger partial charge is 0.320 e. The van der Waals surface area contributed by atoms with E-state index in [1.165, 1.54) is 0 Å². The predicted molar refractivity (Wildman–Crippen MR) is 66.6 cm³/mol. The number of aromatic nitrogens is 1. The fourth-order valence-electron chi connectivity index (χ4n) is 1.80. The van der Waals surface area contributed by atoms with Gasteiger partial charge in [0, 0.05) is 18.9 Å². The molecule has 1 aromatic rings. The van der Waals surface area contributed by atoms with Crippen LogP contribution < -0.4 is 0 Å². The molecule has 1 N–H and O–H groups in total. The molecule has 0 aromatic carbocycles. The number of hydrogen-bond donors (Lipinski definition) is 1.